The molecule has 4 heteroatoms. The van der Waals surface area contributed by atoms with E-state index in [4.69, 9.17) is 14.2 Å². The first kappa shape index (κ1) is 21.8. The quantitative estimate of drug-likeness (QED) is 0.344. The summed E-state index contributed by atoms with van der Waals surface area (Å²) in [7, 11) is 6.12. The molecule has 1 saturated carbocycles. The Labute approximate surface area is 193 Å². The van der Waals surface area contributed by atoms with Gasteiger partial charge in [0.05, 0.1) is 19.8 Å². The molecule has 0 amide bonds. The summed E-state index contributed by atoms with van der Waals surface area (Å²) in [5.74, 6) is 0.969. The summed E-state index contributed by atoms with van der Waals surface area (Å²) in [5, 5.41) is 0.300. The van der Waals surface area contributed by atoms with Gasteiger partial charge in [0.25, 0.3) is 0 Å². The second-order valence-corrected chi connectivity index (χ2v) is 10.2. The number of hydrogen-bond acceptors (Lipinski definition) is 3. The molecule has 5 rings (SSSR count). The van der Waals surface area contributed by atoms with Gasteiger partial charge in [0.1, 0.15) is 13.6 Å². The lowest BCUT2D eigenvalue weighted by atomic mass is 9.49. The molecule has 3 aliphatic rings. The Morgan fingerprint density at radius 2 is 1.84 bits per heavy atom. The minimum atomic E-state index is 0.0913. The van der Waals surface area contributed by atoms with E-state index in [1.165, 1.54) is 36.0 Å². The first-order valence-electron chi connectivity index (χ1n) is 12.1. The molecule has 0 aromatic heterocycles. The molecule has 1 fully saturated rings. The lowest BCUT2D eigenvalue weighted by molar-refractivity contribution is 0.0990. The van der Waals surface area contributed by atoms with E-state index in [0.29, 0.717) is 18.0 Å². The van der Waals surface area contributed by atoms with E-state index in [2.05, 4.69) is 56.4 Å². The van der Waals surface area contributed by atoms with E-state index in [0.717, 1.165) is 38.0 Å². The Morgan fingerprint density at radius 3 is 2.62 bits per heavy atom. The molecule has 2 aromatic rings. The lowest BCUT2D eigenvalue weighted by Gasteiger charge is -2.50. The van der Waals surface area contributed by atoms with Crippen LogP contribution in [0, 0.1) is 0 Å². The molecular weight excluding hydrogens is 395 g/mol. The average molecular weight is 430 g/mol. The zero-order valence-electron chi connectivity index (χ0n) is 19.8. The van der Waals surface area contributed by atoms with Crippen molar-refractivity contribution in [3.8, 4) is 5.75 Å². The molecule has 3 nitrogen and oxygen atoms in total. The van der Waals surface area contributed by atoms with Crippen LogP contribution in [0.15, 0.2) is 59.7 Å². The molecule has 3 aliphatic carbocycles. The fraction of sp³-hybridized carbons (Fsp3) is 0.500. The topological polar surface area (TPSA) is 27.7 Å². The highest BCUT2D eigenvalue weighted by molar-refractivity contribution is 6.18. The summed E-state index contributed by atoms with van der Waals surface area (Å²) < 4.78 is 17.6. The summed E-state index contributed by atoms with van der Waals surface area (Å²) in [5.41, 5.74) is 7.70. The van der Waals surface area contributed by atoms with Crippen LogP contribution in [0.3, 0.4) is 0 Å². The summed E-state index contributed by atoms with van der Waals surface area (Å²) in [6.07, 6.45) is 8.36. The number of fused-ring (bicyclic) bond motifs is 4. The van der Waals surface area contributed by atoms with Crippen LogP contribution in [0.4, 0.5) is 0 Å². The van der Waals surface area contributed by atoms with Gasteiger partial charge < -0.3 is 14.2 Å². The van der Waals surface area contributed by atoms with Crippen LogP contribution in [-0.4, -0.2) is 34.8 Å². The maximum atomic E-state index is 6.23. The highest BCUT2D eigenvalue weighted by atomic mass is 16.5. The number of rotatable bonds is 7. The molecule has 0 aliphatic heterocycles. The maximum Gasteiger partial charge on any atom is 0.119 e. The largest absolute Gasteiger partial charge is 0.497 e. The Balaban J connectivity index is 1.48. The van der Waals surface area contributed by atoms with Crippen molar-refractivity contribution >= 4 is 7.85 Å². The molecule has 0 spiro atoms. The molecule has 2 unspecified atom stereocenters. The molecule has 168 valence electrons. The van der Waals surface area contributed by atoms with Crippen molar-refractivity contribution in [3.05, 3.63) is 76.4 Å². The fourth-order valence-electron chi connectivity index (χ4n) is 6.75. The molecule has 0 saturated heterocycles. The van der Waals surface area contributed by atoms with Gasteiger partial charge in [-0.15, -0.1) is 0 Å². The van der Waals surface area contributed by atoms with Crippen LogP contribution in [0.5, 0.6) is 5.75 Å². The normalized spacial score (nSPS) is 28.8. The van der Waals surface area contributed by atoms with Gasteiger partial charge in [-0.3, -0.25) is 0 Å². The second-order valence-electron chi connectivity index (χ2n) is 10.2. The predicted molar refractivity (Wildman–Crippen MR) is 131 cm³/mol. The van der Waals surface area contributed by atoms with Gasteiger partial charge >= 0.3 is 0 Å². The van der Waals surface area contributed by atoms with E-state index in [1.54, 1.807) is 18.3 Å². The third-order valence-electron chi connectivity index (χ3n) is 8.47. The first-order chi connectivity index (χ1) is 15.6. The minimum Gasteiger partial charge on any atom is -0.497 e. The average Bonchev–Trinajstić information content (AvgIpc) is 3.19. The molecule has 0 N–H and O–H groups in total. The zero-order valence-corrected chi connectivity index (χ0v) is 19.8. The third kappa shape index (κ3) is 3.72. The van der Waals surface area contributed by atoms with Gasteiger partial charge in [-0.25, -0.2) is 0 Å². The van der Waals surface area contributed by atoms with Crippen LogP contribution < -0.4 is 4.74 Å². The maximum absolute atomic E-state index is 6.23. The van der Waals surface area contributed by atoms with E-state index in [1.807, 2.05) is 7.11 Å². The van der Waals surface area contributed by atoms with Gasteiger partial charge in [-0.2, -0.15) is 0 Å². The SMILES string of the molecule is B[C@@]12CCC3(CCOCc4ccccc4)C(=C1CC(OC)C2)CCc1cc(OC)ccc13. The number of benzene rings is 2. The minimum absolute atomic E-state index is 0.0913. The molecule has 0 heterocycles. The van der Waals surface area contributed by atoms with Crippen molar-refractivity contribution in [3.63, 3.8) is 0 Å². The Bertz CT molecular complexity index is 1000. The van der Waals surface area contributed by atoms with Crippen molar-refractivity contribution in [2.45, 2.75) is 68.4 Å². The molecule has 32 heavy (non-hydrogen) atoms. The van der Waals surface area contributed by atoms with Crippen molar-refractivity contribution < 1.29 is 14.2 Å². The van der Waals surface area contributed by atoms with Gasteiger partial charge in [0.15, 0.2) is 0 Å². The van der Waals surface area contributed by atoms with Gasteiger partial charge in [-0.05, 0) is 79.1 Å². The molecule has 0 radical (unpaired) electrons. The Kier molecular flexibility index (Phi) is 5.94. The molecule has 0 bridgehead atoms. The van der Waals surface area contributed by atoms with Gasteiger partial charge in [-0.1, -0.05) is 47.5 Å². The molecular formula is C28H35BO3. The zero-order chi connectivity index (χ0) is 22.2. The highest BCUT2D eigenvalue weighted by Crippen LogP contribution is 2.63. The highest BCUT2D eigenvalue weighted by Gasteiger charge is 2.52. The number of allylic oxidation sites excluding steroid dienone is 1. The summed E-state index contributed by atoms with van der Waals surface area (Å²) in [4.78, 5) is 0. The summed E-state index contributed by atoms with van der Waals surface area (Å²) in [6, 6.07) is 17.3. The second kappa shape index (κ2) is 8.72. The van der Waals surface area contributed by atoms with E-state index >= 15 is 0 Å². The summed E-state index contributed by atoms with van der Waals surface area (Å²) >= 11 is 0. The number of aryl methyl sites for hydroxylation is 1. The van der Waals surface area contributed by atoms with Crippen LogP contribution in [0.25, 0.3) is 0 Å². The van der Waals surface area contributed by atoms with Crippen molar-refractivity contribution in [2.75, 3.05) is 20.8 Å². The number of hydrogen-bond donors (Lipinski definition) is 0. The van der Waals surface area contributed by atoms with Crippen molar-refractivity contribution in [1.29, 1.82) is 0 Å². The number of ether oxygens (including phenoxy) is 3. The van der Waals surface area contributed by atoms with Crippen LogP contribution in [-0.2, 0) is 27.9 Å². The van der Waals surface area contributed by atoms with E-state index < -0.39 is 0 Å². The molecule has 2 aromatic carbocycles. The predicted octanol–water partition coefficient (Wildman–Crippen LogP) is 5.18. The number of methoxy groups -OCH3 is 2. The standard InChI is InChI=1S/C28H35BO3/c1-30-22-9-11-24-21(16-22)8-10-25-26-17-23(31-2)18-28(26,29)13-12-27(24,25)14-15-32-19-20-6-4-3-5-7-20/h3-7,9,11,16,23H,8,10,12-15,17-19,29H2,1-2H3/t23?,27?,28-/m1/s1. The molecule has 3 atom stereocenters. The van der Waals surface area contributed by atoms with Crippen LogP contribution >= 0.6 is 0 Å². The van der Waals surface area contributed by atoms with Crippen LogP contribution in [0.1, 0.15) is 55.2 Å². The first-order valence-corrected chi connectivity index (χ1v) is 12.1. The monoisotopic (exact) mass is 430 g/mol. The summed E-state index contributed by atoms with van der Waals surface area (Å²) in [6.45, 7) is 1.46. The third-order valence-corrected chi connectivity index (χ3v) is 8.47. The fourth-order valence-corrected chi connectivity index (χ4v) is 6.75. The van der Waals surface area contributed by atoms with Crippen molar-refractivity contribution in [2.24, 2.45) is 0 Å². The van der Waals surface area contributed by atoms with E-state index in [9.17, 15) is 0 Å². The van der Waals surface area contributed by atoms with E-state index in [-0.39, 0.29) is 5.41 Å². The van der Waals surface area contributed by atoms with Crippen LogP contribution in [0.2, 0.25) is 5.31 Å². The van der Waals surface area contributed by atoms with Gasteiger partial charge in [0, 0.05) is 19.1 Å². The Hall–Kier alpha value is -2.04. The smallest absolute Gasteiger partial charge is 0.119 e. The van der Waals surface area contributed by atoms with Crippen molar-refractivity contribution in [1.82, 2.24) is 0 Å². The van der Waals surface area contributed by atoms with Gasteiger partial charge in [0.2, 0.25) is 0 Å². The lowest BCUT2D eigenvalue weighted by Crippen LogP contribution is -2.40. The Morgan fingerprint density at radius 1 is 1.00 bits per heavy atom.